The molecule has 0 aromatic carbocycles. The maximum absolute atomic E-state index is 10.9. The zero-order chi connectivity index (χ0) is 10.4. The lowest BCUT2D eigenvalue weighted by Crippen LogP contribution is -2.41. The number of amides is 1. The van der Waals surface area contributed by atoms with Crippen molar-refractivity contribution in [2.75, 3.05) is 7.11 Å². The van der Waals surface area contributed by atoms with Crippen LogP contribution < -0.4 is 5.32 Å². The summed E-state index contributed by atoms with van der Waals surface area (Å²) in [6.07, 6.45) is -0.480. The van der Waals surface area contributed by atoms with Crippen LogP contribution in [0.25, 0.3) is 0 Å². The third-order valence-electron chi connectivity index (χ3n) is 1.24. The van der Waals surface area contributed by atoms with Gasteiger partial charge in [0.1, 0.15) is 6.04 Å². The number of esters is 1. The predicted molar refractivity (Wildman–Crippen MR) is 41.9 cm³/mol. The van der Waals surface area contributed by atoms with Crippen LogP contribution in [0.1, 0.15) is 13.3 Å². The summed E-state index contributed by atoms with van der Waals surface area (Å²) in [5.41, 5.74) is 0. The first-order valence-electron chi connectivity index (χ1n) is 3.54. The predicted octanol–water partition coefficient (Wildman–Crippen LogP) is -0.861. The summed E-state index contributed by atoms with van der Waals surface area (Å²) in [4.78, 5) is 31.7. The third-order valence-corrected chi connectivity index (χ3v) is 1.24. The molecule has 0 saturated heterocycles. The quantitative estimate of drug-likeness (QED) is 0.561. The Morgan fingerprint density at radius 1 is 1.46 bits per heavy atom. The van der Waals surface area contributed by atoms with Crippen molar-refractivity contribution in [3.8, 4) is 0 Å². The van der Waals surface area contributed by atoms with Crippen molar-refractivity contribution in [3.63, 3.8) is 0 Å². The number of carboxylic acids is 1. The van der Waals surface area contributed by atoms with Crippen molar-refractivity contribution in [3.05, 3.63) is 0 Å². The average molecular weight is 189 g/mol. The highest BCUT2D eigenvalue weighted by atomic mass is 16.5. The summed E-state index contributed by atoms with van der Waals surface area (Å²) in [5.74, 6) is -2.42. The smallest absolute Gasteiger partial charge is 0.328 e. The van der Waals surface area contributed by atoms with Crippen molar-refractivity contribution in [2.45, 2.75) is 19.4 Å². The maximum atomic E-state index is 10.9. The van der Waals surface area contributed by atoms with Crippen molar-refractivity contribution in [2.24, 2.45) is 0 Å². The monoisotopic (exact) mass is 189 g/mol. The van der Waals surface area contributed by atoms with Gasteiger partial charge in [0.25, 0.3) is 0 Å². The molecule has 2 N–H and O–H groups in total. The van der Waals surface area contributed by atoms with Crippen LogP contribution in [-0.2, 0) is 19.1 Å². The number of methoxy groups -OCH3 is 1. The molecule has 0 unspecified atom stereocenters. The Kier molecular flexibility index (Phi) is 4.50. The van der Waals surface area contributed by atoms with E-state index in [0.29, 0.717) is 0 Å². The Morgan fingerprint density at radius 3 is 2.31 bits per heavy atom. The van der Waals surface area contributed by atoms with Crippen LogP contribution in [-0.4, -0.2) is 36.1 Å². The molecule has 0 heterocycles. The maximum Gasteiger partial charge on any atom is 0.328 e. The largest absolute Gasteiger partial charge is 0.481 e. The molecule has 6 heteroatoms. The van der Waals surface area contributed by atoms with Gasteiger partial charge < -0.3 is 15.2 Å². The highest BCUT2D eigenvalue weighted by Gasteiger charge is 2.22. The summed E-state index contributed by atoms with van der Waals surface area (Å²) >= 11 is 0. The van der Waals surface area contributed by atoms with Crippen LogP contribution >= 0.6 is 0 Å². The van der Waals surface area contributed by atoms with E-state index in [1.54, 1.807) is 0 Å². The Labute approximate surface area is 74.9 Å². The average Bonchev–Trinajstić information content (AvgIpc) is 2.00. The number of carboxylic acid groups (broad SMARTS) is 1. The number of ether oxygens (including phenoxy) is 1. The molecule has 74 valence electrons. The van der Waals surface area contributed by atoms with Crippen LogP contribution in [0, 0.1) is 0 Å². The highest BCUT2D eigenvalue weighted by Crippen LogP contribution is 1.95. The molecule has 0 aliphatic carbocycles. The van der Waals surface area contributed by atoms with E-state index >= 15 is 0 Å². The Bertz CT molecular complexity index is 209. The van der Waals surface area contributed by atoms with E-state index in [1.165, 1.54) is 6.92 Å². The van der Waals surface area contributed by atoms with Crippen LogP contribution in [0.15, 0.2) is 0 Å². The number of hydrogen-bond donors (Lipinski definition) is 2. The van der Waals surface area contributed by atoms with E-state index in [2.05, 4.69) is 10.1 Å². The Hall–Kier alpha value is -1.59. The molecule has 0 radical (unpaired) electrons. The molecule has 0 saturated carbocycles. The lowest BCUT2D eigenvalue weighted by molar-refractivity contribution is -0.149. The third kappa shape index (κ3) is 4.78. The van der Waals surface area contributed by atoms with Gasteiger partial charge in [0.2, 0.25) is 5.91 Å². The van der Waals surface area contributed by atoms with E-state index in [0.717, 1.165) is 7.11 Å². The molecule has 1 amide bonds. The minimum absolute atomic E-state index is 0.475. The molecule has 13 heavy (non-hydrogen) atoms. The summed E-state index contributed by atoms with van der Waals surface area (Å²) < 4.78 is 4.30. The molecule has 0 fully saturated rings. The second-order valence-corrected chi connectivity index (χ2v) is 2.37. The standard InChI is InChI=1S/C7H11NO5/c1-4(9)8-5(3-6(10)11)7(12)13-2/h5H,3H2,1-2H3,(H,8,9)(H,10,11)/t5-/m0/s1. The number of carbonyl (C=O) groups is 3. The van der Waals surface area contributed by atoms with Crippen LogP contribution in [0.4, 0.5) is 0 Å². The van der Waals surface area contributed by atoms with Gasteiger partial charge >= 0.3 is 11.9 Å². The molecule has 0 aliphatic heterocycles. The zero-order valence-corrected chi connectivity index (χ0v) is 7.36. The summed E-state index contributed by atoms with van der Waals surface area (Å²) in [5, 5.41) is 10.5. The summed E-state index contributed by atoms with van der Waals surface area (Å²) in [7, 11) is 1.12. The molecule has 0 rings (SSSR count). The van der Waals surface area contributed by atoms with E-state index in [9.17, 15) is 14.4 Å². The summed E-state index contributed by atoms with van der Waals surface area (Å²) in [6.45, 7) is 1.19. The minimum atomic E-state index is -1.18. The first-order chi connectivity index (χ1) is 5.97. The Balaban J connectivity index is 4.26. The van der Waals surface area contributed by atoms with Crippen molar-refractivity contribution >= 4 is 17.8 Å². The first-order valence-corrected chi connectivity index (χ1v) is 3.54. The van der Waals surface area contributed by atoms with Crippen molar-refractivity contribution in [1.29, 1.82) is 0 Å². The second kappa shape index (κ2) is 5.13. The number of aliphatic carboxylic acids is 1. The number of hydrogen-bond acceptors (Lipinski definition) is 4. The van der Waals surface area contributed by atoms with E-state index in [-0.39, 0.29) is 0 Å². The van der Waals surface area contributed by atoms with Crippen LogP contribution in [0.2, 0.25) is 0 Å². The van der Waals surface area contributed by atoms with Gasteiger partial charge in [0.15, 0.2) is 0 Å². The van der Waals surface area contributed by atoms with Gasteiger partial charge in [0.05, 0.1) is 13.5 Å². The van der Waals surface area contributed by atoms with Gasteiger partial charge in [-0.05, 0) is 0 Å². The molecule has 1 atom stereocenters. The SMILES string of the molecule is COC(=O)[C@H](CC(=O)O)NC(C)=O. The van der Waals surface area contributed by atoms with Gasteiger partial charge in [-0.3, -0.25) is 9.59 Å². The zero-order valence-electron chi connectivity index (χ0n) is 7.36. The molecular weight excluding hydrogens is 178 g/mol. The van der Waals surface area contributed by atoms with Crippen LogP contribution in [0.5, 0.6) is 0 Å². The summed E-state index contributed by atoms with van der Waals surface area (Å²) in [6, 6.07) is -1.11. The van der Waals surface area contributed by atoms with Crippen molar-refractivity contribution in [1.82, 2.24) is 5.32 Å². The van der Waals surface area contributed by atoms with E-state index in [1.807, 2.05) is 0 Å². The molecule has 0 bridgehead atoms. The topological polar surface area (TPSA) is 92.7 Å². The molecule has 0 aromatic rings. The number of nitrogens with one attached hydrogen (secondary N) is 1. The van der Waals surface area contributed by atoms with Gasteiger partial charge in [-0.25, -0.2) is 4.79 Å². The fraction of sp³-hybridized carbons (Fsp3) is 0.571. The number of carbonyl (C=O) groups excluding carboxylic acids is 2. The molecular formula is C7H11NO5. The Morgan fingerprint density at radius 2 is 2.00 bits per heavy atom. The lowest BCUT2D eigenvalue weighted by Gasteiger charge is -2.12. The number of rotatable bonds is 4. The lowest BCUT2D eigenvalue weighted by atomic mass is 10.2. The molecule has 0 aromatic heterocycles. The van der Waals surface area contributed by atoms with E-state index < -0.39 is 30.3 Å². The van der Waals surface area contributed by atoms with Crippen LogP contribution in [0.3, 0.4) is 0 Å². The van der Waals surface area contributed by atoms with E-state index in [4.69, 9.17) is 5.11 Å². The van der Waals surface area contributed by atoms with Gasteiger partial charge in [-0.1, -0.05) is 0 Å². The molecule has 0 aliphatic rings. The fourth-order valence-corrected chi connectivity index (χ4v) is 0.756. The fourth-order valence-electron chi connectivity index (χ4n) is 0.756. The second-order valence-electron chi connectivity index (χ2n) is 2.37. The van der Waals surface area contributed by atoms with Gasteiger partial charge in [0, 0.05) is 6.92 Å². The highest BCUT2D eigenvalue weighted by molar-refractivity contribution is 5.86. The van der Waals surface area contributed by atoms with Crippen molar-refractivity contribution < 1.29 is 24.2 Å². The molecule has 6 nitrogen and oxygen atoms in total. The minimum Gasteiger partial charge on any atom is -0.481 e. The normalized spacial score (nSPS) is 11.5. The van der Waals surface area contributed by atoms with Gasteiger partial charge in [-0.2, -0.15) is 0 Å². The first kappa shape index (κ1) is 11.4. The molecule has 0 spiro atoms. The van der Waals surface area contributed by atoms with Gasteiger partial charge in [-0.15, -0.1) is 0 Å².